The summed E-state index contributed by atoms with van der Waals surface area (Å²) in [5.41, 5.74) is -1.75. The monoisotopic (exact) mass is 345 g/mol. The van der Waals surface area contributed by atoms with Crippen LogP contribution in [0.3, 0.4) is 0 Å². The lowest BCUT2D eigenvalue weighted by Crippen LogP contribution is -2.51. The van der Waals surface area contributed by atoms with Gasteiger partial charge in [-0.05, 0) is 20.9 Å². The maximum absolute atomic E-state index is 13.6. The predicted molar refractivity (Wildman–Crippen MR) is 66.4 cm³/mol. The molecule has 1 aromatic carbocycles. The average molecular weight is 345 g/mol. The fourth-order valence-electron chi connectivity index (χ4n) is 1.66. The van der Waals surface area contributed by atoms with Gasteiger partial charge in [-0.2, -0.15) is 0 Å². The minimum atomic E-state index is -4.98. The smallest absolute Gasteiger partial charge is 0.200 e. The molecule has 1 atom stereocenters. The van der Waals surface area contributed by atoms with Gasteiger partial charge < -0.3 is 5.32 Å². The van der Waals surface area contributed by atoms with Crippen molar-refractivity contribution in [2.45, 2.75) is 24.3 Å². The summed E-state index contributed by atoms with van der Waals surface area (Å²) in [7, 11) is -3.76. The van der Waals surface area contributed by atoms with Crippen molar-refractivity contribution in [2.75, 3.05) is 12.8 Å². The molecular weight excluding hydrogens is 333 g/mol. The first-order valence-electron chi connectivity index (χ1n) is 5.83. The largest absolute Gasteiger partial charge is 0.307 e. The lowest BCUT2D eigenvalue weighted by atomic mass is 10.0. The third kappa shape index (κ3) is 2.98. The van der Waals surface area contributed by atoms with Gasteiger partial charge in [0.05, 0.1) is 11.3 Å². The van der Waals surface area contributed by atoms with Gasteiger partial charge in [-0.25, -0.2) is 30.4 Å². The van der Waals surface area contributed by atoms with E-state index in [4.69, 9.17) is 0 Å². The zero-order valence-electron chi connectivity index (χ0n) is 11.7. The number of hydrogen-bond acceptors (Lipinski definition) is 4. The molecule has 0 bridgehead atoms. The minimum absolute atomic E-state index is 0.692. The standard InChI is InChI=1S/C12H12F5NO3S/c1-5(19)12(2,18-3)4-22(20,21)11-9(16)7(14)6(13)8(15)10(11)17/h18H,4H2,1-3H3. The van der Waals surface area contributed by atoms with E-state index in [-0.39, 0.29) is 0 Å². The predicted octanol–water partition coefficient (Wildman–Crippen LogP) is 1.72. The lowest BCUT2D eigenvalue weighted by Gasteiger charge is -2.26. The van der Waals surface area contributed by atoms with Crippen LogP contribution in [-0.2, 0) is 14.6 Å². The quantitative estimate of drug-likeness (QED) is 0.382. The highest BCUT2D eigenvalue weighted by molar-refractivity contribution is 7.91. The van der Waals surface area contributed by atoms with Crippen molar-refractivity contribution < 1.29 is 35.2 Å². The van der Waals surface area contributed by atoms with Crippen LogP contribution in [0.2, 0.25) is 0 Å². The number of rotatable bonds is 5. The molecule has 0 aromatic heterocycles. The number of ketones is 1. The fraction of sp³-hybridized carbons (Fsp3) is 0.417. The summed E-state index contributed by atoms with van der Waals surface area (Å²) >= 11 is 0. The highest BCUT2D eigenvalue weighted by Crippen LogP contribution is 2.29. The van der Waals surface area contributed by atoms with E-state index in [2.05, 4.69) is 5.32 Å². The molecule has 1 aromatic rings. The molecule has 0 radical (unpaired) electrons. The van der Waals surface area contributed by atoms with E-state index >= 15 is 0 Å². The van der Waals surface area contributed by atoms with Crippen molar-refractivity contribution in [2.24, 2.45) is 0 Å². The highest BCUT2D eigenvalue weighted by atomic mass is 32.2. The van der Waals surface area contributed by atoms with Crippen molar-refractivity contribution >= 4 is 15.6 Å². The molecule has 0 spiro atoms. The summed E-state index contributed by atoms with van der Waals surface area (Å²) in [6.45, 7) is 2.14. The van der Waals surface area contributed by atoms with E-state index in [1.165, 1.54) is 7.05 Å². The Labute approximate surface area is 123 Å². The van der Waals surface area contributed by atoms with Crippen LogP contribution >= 0.6 is 0 Å². The first-order valence-corrected chi connectivity index (χ1v) is 7.48. The van der Waals surface area contributed by atoms with Crippen LogP contribution in [0.4, 0.5) is 22.0 Å². The Hall–Kier alpha value is -1.55. The molecule has 124 valence electrons. The molecule has 0 aliphatic rings. The molecule has 0 heterocycles. The Bertz CT molecular complexity index is 706. The molecule has 1 rings (SSSR count). The van der Waals surface area contributed by atoms with E-state index in [1.807, 2.05) is 0 Å². The Morgan fingerprint density at radius 3 is 1.68 bits per heavy atom. The number of carbonyl (C=O) groups excluding carboxylic acids is 1. The molecule has 0 saturated heterocycles. The van der Waals surface area contributed by atoms with Gasteiger partial charge in [0.15, 0.2) is 38.9 Å². The summed E-state index contributed by atoms with van der Waals surface area (Å²) in [5.74, 6) is -14.0. The Balaban J connectivity index is 3.59. The summed E-state index contributed by atoms with van der Waals surface area (Å²) in [4.78, 5) is 9.49. The number of halogens is 5. The fourth-order valence-corrected chi connectivity index (χ4v) is 3.64. The van der Waals surface area contributed by atoms with Crippen LogP contribution < -0.4 is 5.32 Å². The number of nitrogens with one attached hydrogen (secondary N) is 1. The maximum atomic E-state index is 13.6. The molecular formula is C12H12F5NO3S. The van der Waals surface area contributed by atoms with Gasteiger partial charge in [0.1, 0.15) is 4.90 Å². The molecule has 1 unspecified atom stereocenters. The highest BCUT2D eigenvalue weighted by Gasteiger charge is 2.40. The molecule has 0 aliphatic heterocycles. The summed E-state index contributed by atoms with van der Waals surface area (Å²) in [6.07, 6.45) is 0. The number of carbonyl (C=O) groups is 1. The summed E-state index contributed by atoms with van der Waals surface area (Å²) in [5, 5.41) is 2.35. The normalized spacial score (nSPS) is 14.7. The topological polar surface area (TPSA) is 63.2 Å². The van der Waals surface area contributed by atoms with Crippen LogP contribution in [-0.4, -0.2) is 32.5 Å². The number of hydrogen-bond donors (Lipinski definition) is 1. The van der Waals surface area contributed by atoms with Gasteiger partial charge in [-0.1, -0.05) is 0 Å². The van der Waals surface area contributed by atoms with E-state index in [1.54, 1.807) is 0 Å². The van der Waals surface area contributed by atoms with Crippen molar-refractivity contribution in [1.82, 2.24) is 5.32 Å². The third-order valence-corrected chi connectivity index (χ3v) is 5.23. The van der Waals surface area contributed by atoms with Gasteiger partial charge in [-0.15, -0.1) is 0 Å². The zero-order chi connectivity index (χ0) is 17.5. The minimum Gasteiger partial charge on any atom is -0.307 e. The van der Waals surface area contributed by atoms with Crippen molar-refractivity contribution in [3.05, 3.63) is 29.1 Å². The van der Waals surface area contributed by atoms with E-state index in [0.717, 1.165) is 13.8 Å². The molecule has 0 saturated carbocycles. The number of sulfone groups is 1. The van der Waals surface area contributed by atoms with E-state index in [0.29, 0.717) is 0 Å². The lowest BCUT2D eigenvalue weighted by molar-refractivity contribution is -0.121. The summed E-state index contributed by atoms with van der Waals surface area (Å²) < 4.78 is 90.4. The van der Waals surface area contributed by atoms with Crippen LogP contribution in [0.5, 0.6) is 0 Å². The van der Waals surface area contributed by atoms with Gasteiger partial charge in [-0.3, -0.25) is 4.79 Å². The average Bonchev–Trinajstić information content (AvgIpc) is 2.42. The third-order valence-electron chi connectivity index (χ3n) is 3.29. The maximum Gasteiger partial charge on any atom is 0.200 e. The number of likely N-dealkylation sites (N-methyl/N-ethyl adjacent to an activating group) is 1. The van der Waals surface area contributed by atoms with Crippen LogP contribution in [0.1, 0.15) is 13.8 Å². The van der Waals surface area contributed by atoms with Crippen molar-refractivity contribution in [3.8, 4) is 0 Å². The van der Waals surface area contributed by atoms with Crippen LogP contribution in [0, 0.1) is 29.1 Å². The summed E-state index contributed by atoms with van der Waals surface area (Å²) in [6, 6.07) is 0. The second-order valence-electron chi connectivity index (χ2n) is 4.80. The van der Waals surface area contributed by atoms with E-state index < -0.39 is 60.9 Å². The number of Topliss-reactive ketones (excluding diaryl/α,β-unsaturated/α-hetero) is 1. The molecule has 10 heteroatoms. The molecule has 0 fully saturated rings. The van der Waals surface area contributed by atoms with Crippen molar-refractivity contribution in [1.29, 1.82) is 0 Å². The van der Waals surface area contributed by atoms with E-state index in [9.17, 15) is 35.2 Å². The Morgan fingerprint density at radius 2 is 1.36 bits per heavy atom. The molecule has 0 amide bonds. The molecule has 22 heavy (non-hydrogen) atoms. The first-order chi connectivity index (χ1) is 9.89. The zero-order valence-corrected chi connectivity index (χ0v) is 12.5. The first kappa shape index (κ1) is 18.5. The van der Waals surface area contributed by atoms with Gasteiger partial charge in [0.25, 0.3) is 0 Å². The van der Waals surface area contributed by atoms with Gasteiger partial charge >= 0.3 is 0 Å². The van der Waals surface area contributed by atoms with Gasteiger partial charge in [0, 0.05) is 0 Å². The Kier molecular flexibility index (Phi) is 4.98. The second-order valence-corrected chi connectivity index (χ2v) is 6.72. The number of benzene rings is 1. The van der Waals surface area contributed by atoms with Crippen LogP contribution in [0.25, 0.3) is 0 Å². The second kappa shape index (κ2) is 5.92. The molecule has 1 N–H and O–H groups in total. The molecule has 0 aliphatic carbocycles. The Morgan fingerprint density at radius 1 is 1.00 bits per heavy atom. The SMILES string of the molecule is CNC(C)(CS(=O)(=O)c1c(F)c(F)c(F)c(F)c1F)C(C)=O. The van der Waals surface area contributed by atoms with Crippen LogP contribution in [0.15, 0.2) is 4.90 Å². The molecule has 4 nitrogen and oxygen atoms in total. The van der Waals surface area contributed by atoms with Gasteiger partial charge in [0.2, 0.25) is 5.82 Å². The van der Waals surface area contributed by atoms with Crippen molar-refractivity contribution in [3.63, 3.8) is 0 Å².